The van der Waals surface area contributed by atoms with Crippen molar-refractivity contribution in [1.82, 2.24) is 9.78 Å². The maximum absolute atomic E-state index is 12.5. The van der Waals surface area contributed by atoms with Gasteiger partial charge in [-0.25, -0.2) is 9.48 Å². The normalized spacial score (nSPS) is 10.6. The first-order valence-corrected chi connectivity index (χ1v) is 12.0. The van der Waals surface area contributed by atoms with E-state index in [0.717, 1.165) is 16.9 Å². The molecule has 0 saturated carbocycles. The number of aromatic nitrogens is 2. The van der Waals surface area contributed by atoms with Crippen molar-refractivity contribution in [1.29, 1.82) is 0 Å². The number of aryl methyl sites for hydroxylation is 2. The molecule has 0 aliphatic heterocycles. The molecule has 0 bridgehead atoms. The molecule has 0 aliphatic rings. The van der Waals surface area contributed by atoms with E-state index in [2.05, 4.69) is 5.10 Å². The molecule has 1 heterocycles. The van der Waals surface area contributed by atoms with E-state index in [-0.39, 0.29) is 5.56 Å². The minimum atomic E-state index is -0.399. The highest BCUT2D eigenvalue weighted by Crippen LogP contribution is 2.31. The number of carbonyl (C=O) groups excluding carboxylic acids is 1. The maximum Gasteiger partial charge on any atom is 0.355 e. The lowest BCUT2D eigenvalue weighted by Crippen LogP contribution is -2.22. The second-order valence-electron chi connectivity index (χ2n) is 8.23. The Balaban J connectivity index is 1.42. The van der Waals surface area contributed by atoms with Crippen LogP contribution in [0, 0.1) is 0 Å². The Bertz CT molecular complexity index is 1350. The van der Waals surface area contributed by atoms with E-state index in [1.807, 2.05) is 79.7 Å². The predicted molar refractivity (Wildman–Crippen MR) is 137 cm³/mol. The summed E-state index contributed by atoms with van der Waals surface area (Å²) in [6.07, 6.45) is 2.40. The summed E-state index contributed by atoms with van der Waals surface area (Å²) in [7, 11) is 0. The molecule has 0 fully saturated rings. The number of para-hydroxylation sites is 2. The van der Waals surface area contributed by atoms with Crippen molar-refractivity contribution in [2.45, 2.75) is 39.2 Å². The average molecular weight is 485 g/mol. The van der Waals surface area contributed by atoms with Gasteiger partial charge in [-0.1, -0.05) is 49.4 Å². The average Bonchev–Trinajstić information content (AvgIpc) is 2.90. The SMILES string of the molecule is CCCC(=O)OOc1cccc(CCCn2nc(-c3ccccc3Oc3ccccc3)ccc2=O)c1. The number of ether oxygens (including phenoxy) is 1. The van der Waals surface area contributed by atoms with E-state index >= 15 is 0 Å². The van der Waals surface area contributed by atoms with Gasteiger partial charge in [0.25, 0.3) is 5.56 Å². The lowest BCUT2D eigenvalue weighted by molar-refractivity contribution is -0.213. The highest BCUT2D eigenvalue weighted by atomic mass is 17.2. The van der Waals surface area contributed by atoms with Crippen LogP contribution in [0.25, 0.3) is 11.3 Å². The van der Waals surface area contributed by atoms with Crippen molar-refractivity contribution in [3.05, 3.63) is 107 Å². The van der Waals surface area contributed by atoms with Gasteiger partial charge in [0.15, 0.2) is 5.75 Å². The molecule has 7 heteroatoms. The molecule has 36 heavy (non-hydrogen) atoms. The summed E-state index contributed by atoms with van der Waals surface area (Å²) < 4.78 is 7.54. The third-order valence-corrected chi connectivity index (χ3v) is 5.42. The van der Waals surface area contributed by atoms with Gasteiger partial charge in [-0.2, -0.15) is 5.10 Å². The fourth-order valence-electron chi connectivity index (χ4n) is 3.66. The van der Waals surface area contributed by atoms with E-state index in [4.69, 9.17) is 14.5 Å². The van der Waals surface area contributed by atoms with Crippen molar-refractivity contribution in [3.63, 3.8) is 0 Å². The first kappa shape index (κ1) is 24.7. The lowest BCUT2D eigenvalue weighted by atomic mass is 10.1. The summed E-state index contributed by atoms with van der Waals surface area (Å²) in [5.41, 5.74) is 2.30. The van der Waals surface area contributed by atoms with E-state index < -0.39 is 5.97 Å². The van der Waals surface area contributed by atoms with E-state index in [0.29, 0.717) is 49.4 Å². The number of rotatable bonds is 11. The molecule has 0 radical (unpaired) electrons. The molecular formula is C29H28N2O5. The molecule has 1 aromatic heterocycles. The Labute approximate surface area is 209 Å². The van der Waals surface area contributed by atoms with Crippen molar-refractivity contribution < 1.29 is 19.3 Å². The quantitative estimate of drug-likeness (QED) is 0.193. The van der Waals surface area contributed by atoms with Gasteiger partial charge >= 0.3 is 5.97 Å². The lowest BCUT2D eigenvalue weighted by Gasteiger charge is -2.12. The molecule has 3 aromatic carbocycles. The maximum atomic E-state index is 12.5. The van der Waals surface area contributed by atoms with Crippen LogP contribution in [0.15, 0.2) is 95.8 Å². The number of hydrogen-bond acceptors (Lipinski definition) is 6. The van der Waals surface area contributed by atoms with Gasteiger partial charge in [0.1, 0.15) is 11.5 Å². The molecule has 7 nitrogen and oxygen atoms in total. The molecule has 0 N–H and O–H groups in total. The van der Waals surface area contributed by atoms with Crippen molar-refractivity contribution >= 4 is 5.97 Å². The second-order valence-corrected chi connectivity index (χ2v) is 8.23. The second kappa shape index (κ2) is 12.4. The smallest absolute Gasteiger partial charge is 0.355 e. The largest absolute Gasteiger partial charge is 0.457 e. The highest BCUT2D eigenvalue weighted by Gasteiger charge is 2.11. The molecule has 0 atom stereocenters. The van der Waals surface area contributed by atoms with Crippen LogP contribution in [0.5, 0.6) is 17.2 Å². The zero-order chi connectivity index (χ0) is 25.2. The molecule has 0 unspecified atom stereocenters. The minimum absolute atomic E-state index is 0.167. The van der Waals surface area contributed by atoms with E-state index in [1.54, 1.807) is 12.1 Å². The Kier molecular flexibility index (Phi) is 8.48. The van der Waals surface area contributed by atoms with Gasteiger partial charge in [0.05, 0.1) is 5.69 Å². The highest BCUT2D eigenvalue weighted by molar-refractivity contribution is 5.68. The van der Waals surface area contributed by atoms with Gasteiger partial charge in [-0.05, 0) is 67.3 Å². The molecule has 0 aliphatic carbocycles. The fourth-order valence-corrected chi connectivity index (χ4v) is 3.66. The van der Waals surface area contributed by atoms with Crippen LogP contribution in [0.2, 0.25) is 0 Å². The van der Waals surface area contributed by atoms with Gasteiger partial charge < -0.3 is 4.74 Å². The Hall–Kier alpha value is -4.39. The van der Waals surface area contributed by atoms with Crippen molar-refractivity contribution in [2.75, 3.05) is 0 Å². The van der Waals surface area contributed by atoms with Crippen LogP contribution in [0.4, 0.5) is 0 Å². The topological polar surface area (TPSA) is 79.7 Å². The van der Waals surface area contributed by atoms with Crippen LogP contribution in [0.3, 0.4) is 0 Å². The molecule has 184 valence electrons. The Morgan fingerprint density at radius 2 is 1.67 bits per heavy atom. The zero-order valence-corrected chi connectivity index (χ0v) is 20.1. The molecule has 0 saturated heterocycles. The zero-order valence-electron chi connectivity index (χ0n) is 20.1. The van der Waals surface area contributed by atoms with Crippen LogP contribution in [-0.4, -0.2) is 15.7 Å². The van der Waals surface area contributed by atoms with Crippen molar-refractivity contribution in [3.8, 4) is 28.5 Å². The number of hydrogen-bond donors (Lipinski definition) is 0. The monoisotopic (exact) mass is 484 g/mol. The molecule has 0 spiro atoms. The summed E-state index contributed by atoms with van der Waals surface area (Å²) in [4.78, 5) is 33.9. The number of carbonyl (C=O) groups is 1. The van der Waals surface area contributed by atoms with Crippen molar-refractivity contribution in [2.24, 2.45) is 0 Å². The minimum Gasteiger partial charge on any atom is -0.457 e. The van der Waals surface area contributed by atoms with Crippen LogP contribution in [-0.2, 0) is 22.6 Å². The van der Waals surface area contributed by atoms with Crippen LogP contribution < -0.4 is 15.2 Å². The van der Waals surface area contributed by atoms with Gasteiger partial charge in [0, 0.05) is 24.6 Å². The van der Waals surface area contributed by atoms with E-state index in [9.17, 15) is 9.59 Å². The van der Waals surface area contributed by atoms with E-state index in [1.165, 1.54) is 10.7 Å². The summed E-state index contributed by atoms with van der Waals surface area (Å²) >= 11 is 0. The molecule has 0 amide bonds. The number of benzene rings is 3. The first-order chi connectivity index (χ1) is 17.6. The third kappa shape index (κ3) is 6.82. The van der Waals surface area contributed by atoms with Crippen LogP contribution >= 0.6 is 0 Å². The Morgan fingerprint density at radius 3 is 2.50 bits per heavy atom. The van der Waals surface area contributed by atoms with Gasteiger partial charge in [-0.3, -0.25) is 14.6 Å². The van der Waals surface area contributed by atoms with Crippen LogP contribution in [0.1, 0.15) is 31.7 Å². The standard InChI is InChI=1S/C29H28N2O5/c1-2-10-29(33)36-35-24-15-8-11-22(21-24)12-9-20-31-28(32)19-18-26(30-31)25-16-6-7-17-27(25)34-23-13-4-3-5-14-23/h3-8,11,13-19,21H,2,9-10,12,20H2,1H3. The van der Waals surface area contributed by atoms with Gasteiger partial charge in [-0.15, -0.1) is 0 Å². The predicted octanol–water partition coefficient (Wildman–Crippen LogP) is 5.97. The third-order valence-electron chi connectivity index (χ3n) is 5.42. The summed E-state index contributed by atoms with van der Waals surface area (Å²) in [6, 6.07) is 27.8. The Morgan fingerprint density at radius 1 is 0.889 bits per heavy atom. The first-order valence-electron chi connectivity index (χ1n) is 12.0. The van der Waals surface area contributed by atoms with Gasteiger partial charge in [0.2, 0.25) is 0 Å². The summed E-state index contributed by atoms with van der Waals surface area (Å²) in [6.45, 7) is 2.35. The summed E-state index contributed by atoms with van der Waals surface area (Å²) in [5.74, 6) is 1.45. The molecule has 4 aromatic rings. The molecule has 4 rings (SSSR count). The summed E-state index contributed by atoms with van der Waals surface area (Å²) in [5, 5.41) is 4.60. The fraction of sp³-hybridized carbons (Fsp3) is 0.207. The number of nitrogens with zero attached hydrogens (tertiary/aromatic N) is 2. The molecular weight excluding hydrogens is 456 g/mol.